The van der Waals surface area contributed by atoms with Crippen LogP contribution in [-0.2, 0) is 9.73 Å². The summed E-state index contributed by atoms with van der Waals surface area (Å²) in [5, 5.41) is 3.84. The second-order valence-electron chi connectivity index (χ2n) is 8.01. The van der Waals surface area contributed by atoms with E-state index >= 15 is 0 Å². The van der Waals surface area contributed by atoms with Crippen LogP contribution in [0.5, 0.6) is 11.5 Å². The van der Waals surface area contributed by atoms with Crippen LogP contribution in [0.2, 0.25) is 0 Å². The highest BCUT2D eigenvalue weighted by Gasteiger charge is 2.28. The maximum Gasteiger partial charge on any atom is 0.266 e. The maximum atomic E-state index is 14.6. The lowest BCUT2D eigenvalue weighted by Crippen LogP contribution is -2.17. The molecule has 1 saturated heterocycles. The van der Waals surface area contributed by atoms with Crippen molar-refractivity contribution in [1.82, 2.24) is 4.98 Å². The van der Waals surface area contributed by atoms with Gasteiger partial charge in [0.25, 0.3) is 6.43 Å². The fourth-order valence-electron chi connectivity index (χ4n) is 3.97. The van der Waals surface area contributed by atoms with Crippen LogP contribution in [0.4, 0.5) is 18.9 Å². The van der Waals surface area contributed by atoms with E-state index < -0.39 is 33.6 Å². The molecule has 0 radical (unpaired) electrons. The molecule has 1 unspecified atom stereocenters. The van der Waals surface area contributed by atoms with Crippen molar-refractivity contribution in [3.05, 3.63) is 59.5 Å². The van der Waals surface area contributed by atoms with Gasteiger partial charge in [0.2, 0.25) is 0 Å². The third-order valence-corrected chi connectivity index (χ3v) is 7.48. The number of hydrogen-bond donors (Lipinski definition) is 2. The molecule has 4 rings (SSSR count). The normalized spacial score (nSPS) is 21.3. The number of benzene rings is 2. The second-order valence-corrected chi connectivity index (χ2v) is 10.4. The van der Waals surface area contributed by atoms with Gasteiger partial charge in [-0.1, -0.05) is 18.2 Å². The number of methoxy groups -OCH3 is 1. The summed E-state index contributed by atoms with van der Waals surface area (Å²) in [6.45, 7) is 1.68. The van der Waals surface area contributed by atoms with Gasteiger partial charge < -0.3 is 14.8 Å². The summed E-state index contributed by atoms with van der Waals surface area (Å²) in [6, 6.07) is 8.48. The van der Waals surface area contributed by atoms with Crippen LogP contribution in [0.3, 0.4) is 0 Å². The van der Waals surface area contributed by atoms with Gasteiger partial charge in [-0.2, -0.15) is 0 Å². The van der Waals surface area contributed by atoms with Crippen LogP contribution in [0, 0.1) is 10.6 Å². The molecule has 0 saturated carbocycles. The molecule has 33 heavy (non-hydrogen) atoms. The van der Waals surface area contributed by atoms with E-state index in [9.17, 15) is 17.4 Å². The second kappa shape index (κ2) is 9.09. The Morgan fingerprint density at radius 2 is 1.97 bits per heavy atom. The number of alkyl halides is 2. The van der Waals surface area contributed by atoms with E-state index in [-0.39, 0.29) is 17.4 Å². The molecule has 1 aliphatic heterocycles. The molecular weight excluding hydrogens is 455 g/mol. The van der Waals surface area contributed by atoms with Gasteiger partial charge in [0.15, 0.2) is 11.5 Å². The fourth-order valence-corrected chi connectivity index (χ4v) is 5.62. The number of fused-ring (bicyclic) bond motifs is 1. The van der Waals surface area contributed by atoms with Gasteiger partial charge in [0.05, 0.1) is 30.0 Å². The lowest BCUT2D eigenvalue weighted by Gasteiger charge is -2.20. The van der Waals surface area contributed by atoms with E-state index in [1.807, 2.05) is 0 Å². The first-order valence-electron chi connectivity index (χ1n) is 10.4. The summed E-state index contributed by atoms with van der Waals surface area (Å²) >= 11 is 0. The number of nitrogens with one attached hydrogen (secondary N) is 2. The molecule has 10 heteroatoms. The molecule has 2 aromatic carbocycles. The van der Waals surface area contributed by atoms with E-state index in [2.05, 4.69) is 10.3 Å². The van der Waals surface area contributed by atoms with Gasteiger partial charge in [-0.3, -0.25) is 9.76 Å². The van der Waals surface area contributed by atoms with Crippen molar-refractivity contribution in [3.8, 4) is 11.5 Å². The lowest BCUT2D eigenvalue weighted by atomic mass is 10.0. The quantitative estimate of drug-likeness (QED) is 0.455. The molecule has 3 atom stereocenters. The highest BCUT2D eigenvalue weighted by atomic mass is 32.2. The van der Waals surface area contributed by atoms with Crippen molar-refractivity contribution in [2.24, 2.45) is 0 Å². The molecule has 1 fully saturated rings. The van der Waals surface area contributed by atoms with Gasteiger partial charge in [-0.25, -0.2) is 17.4 Å². The Morgan fingerprint density at radius 3 is 2.64 bits per heavy atom. The van der Waals surface area contributed by atoms with Crippen molar-refractivity contribution < 1.29 is 26.9 Å². The molecule has 1 aliphatic rings. The number of ether oxygens (including phenoxy) is 2. The number of nitrogens with zero attached hydrogens (tertiary/aromatic N) is 1. The summed E-state index contributed by atoms with van der Waals surface area (Å²) < 4.78 is 72.1. The minimum absolute atomic E-state index is 0.124. The van der Waals surface area contributed by atoms with E-state index in [1.165, 1.54) is 19.2 Å². The number of anilines is 1. The molecule has 0 aliphatic carbocycles. The molecule has 2 heterocycles. The first-order valence-corrected chi connectivity index (χ1v) is 12.3. The first kappa shape index (κ1) is 23.2. The topological polar surface area (TPSA) is 84.3 Å². The van der Waals surface area contributed by atoms with E-state index in [0.717, 1.165) is 6.07 Å². The van der Waals surface area contributed by atoms with Crippen molar-refractivity contribution in [1.29, 1.82) is 4.78 Å². The van der Waals surface area contributed by atoms with Crippen molar-refractivity contribution in [2.45, 2.75) is 31.9 Å². The van der Waals surface area contributed by atoms with Crippen LogP contribution in [0.25, 0.3) is 10.9 Å². The molecule has 1 aromatic heterocycles. The summed E-state index contributed by atoms with van der Waals surface area (Å²) in [6.07, 6.45) is -1.17. The van der Waals surface area contributed by atoms with Crippen molar-refractivity contribution in [3.63, 3.8) is 0 Å². The predicted octanol–water partition coefficient (Wildman–Crippen LogP) is 5.69. The SMILES string of the molecule is COc1cc2nccc(N[C@H](C)c3cccc(C(F)F)c3F)c2cc1O[C@H]1CCS(=N)(=O)C1. The number of pyridine rings is 1. The Morgan fingerprint density at radius 1 is 1.21 bits per heavy atom. The Bertz CT molecular complexity index is 1280. The summed E-state index contributed by atoms with van der Waals surface area (Å²) in [7, 11) is -1.13. The highest BCUT2D eigenvalue weighted by molar-refractivity contribution is 7.92. The molecule has 0 amide bonds. The van der Waals surface area contributed by atoms with Crippen molar-refractivity contribution in [2.75, 3.05) is 23.9 Å². The van der Waals surface area contributed by atoms with Crippen LogP contribution >= 0.6 is 0 Å². The summed E-state index contributed by atoms with van der Waals surface area (Å²) in [4.78, 5) is 4.36. The minimum atomic E-state index is -2.90. The number of halogens is 3. The zero-order valence-electron chi connectivity index (χ0n) is 18.1. The van der Waals surface area contributed by atoms with E-state index in [1.54, 1.807) is 31.3 Å². The number of hydrogen-bond acceptors (Lipinski definition) is 6. The van der Waals surface area contributed by atoms with Gasteiger partial charge in [-0.05, 0) is 25.5 Å². The highest BCUT2D eigenvalue weighted by Crippen LogP contribution is 2.37. The first-order chi connectivity index (χ1) is 15.7. The molecule has 0 bridgehead atoms. The van der Waals surface area contributed by atoms with Crippen LogP contribution < -0.4 is 14.8 Å². The monoisotopic (exact) mass is 479 g/mol. The Kier molecular flexibility index (Phi) is 6.38. The van der Waals surface area contributed by atoms with Gasteiger partial charge in [0.1, 0.15) is 11.9 Å². The predicted molar refractivity (Wildman–Crippen MR) is 121 cm³/mol. The molecule has 6 nitrogen and oxygen atoms in total. The third-order valence-electron chi connectivity index (χ3n) is 5.68. The van der Waals surface area contributed by atoms with Crippen molar-refractivity contribution >= 4 is 26.3 Å². The Labute approximate surface area is 190 Å². The molecular formula is C23H24F3N3O3S. The smallest absolute Gasteiger partial charge is 0.266 e. The van der Waals surface area contributed by atoms with Crippen LogP contribution in [0.1, 0.15) is 36.9 Å². The van der Waals surface area contributed by atoms with Crippen LogP contribution in [-0.4, -0.2) is 33.9 Å². The average molecular weight is 480 g/mol. The maximum absolute atomic E-state index is 14.6. The summed E-state index contributed by atoms with van der Waals surface area (Å²) in [5.41, 5.74) is 0.689. The van der Waals surface area contributed by atoms with Crippen LogP contribution in [0.15, 0.2) is 42.6 Å². The Hall–Kier alpha value is -3.01. The van der Waals surface area contributed by atoms with Gasteiger partial charge in [0, 0.05) is 44.4 Å². The number of aromatic nitrogens is 1. The average Bonchev–Trinajstić information content (AvgIpc) is 3.11. The zero-order valence-corrected chi connectivity index (χ0v) is 18.9. The molecule has 176 valence electrons. The van der Waals surface area contributed by atoms with E-state index in [0.29, 0.717) is 40.3 Å². The Balaban J connectivity index is 1.68. The fraction of sp³-hybridized carbons (Fsp3) is 0.348. The molecule has 0 spiro atoms. The number of rotatable bonds is 7. The van der Waals surface area contributed by atoms with E-state index in [4.69, 9.17) is 14.3 Å². The lowest BCUT2D eigenvalue weighted by molar-refractivity contribution is 0.146. The standard InChI is InChI=1S/C23H24F3N3O3S/c1-13(15-4-3-5-16(22(15)24)23(25)26)29-18-6-8-28-19-11-20(31-2)21(10-17(18)19)32-14-7-9-33(27,30)12-14/h3-6,8,10-11,13-14,23,27H,7,9,12H2,1-2H3,(H,28,29)/t13-,14+,33?/m1/s1. The van der Waals surface area contributed by atoms with Gasteiger partial charge in [-0.15, -0.1) is 0 Å². The zero-order chi connectivity index (χ0) is 23.8. The minimum Gasteiger partial charge on any atom is -0.493 e. The molecule has 2 N–H and O–H groups in total. The molecule has 3 aromatic rings. The third kappa shape index (κ3) is 4.85. The summed E-state index contributed by atoms with van der Waals surface area (Å²) in [5.74, 6) is 0.379. The largest absolute Gasteiger partial charge is 0.493 e. The van der Waals surface area contributed by atoms with Gasteiger partial charge >= 0.3 is 0 Å².